The van der Waals surface area contributed by atoms with E-state index in [0.29, 0.717) is 11.2 Å². The Morgan fingerprint density at radius 2 is 1.64 bits per heavy atom. The minimum Gasteiger partial charge on any atom is -0.397 e. The number of hydrogen-bond acceptors (Lipinski definition) is 13. The maximum Gasteiger partial charge on any atom is 0.325 e. The molecule has 22 heteroatoms. The number of nitrogens with one attached hydrogen (secondary N) is 1. The van der Waals surface area contributed by atoms with Crippen molar-refractivity contribution < 1.29 is 41.4 Å². The fourth-order valence-electron chi connectivity index (χ4n) is 5.76. The van der Waals surface area contributed by atoms with Crippen LogP contribution in [0.4, 0.5) is 14.5 Å². The molecule has 3 fully saturated rings. The first-order valence-corrected chi connectivity index (χ1v) is 18.3. The maximum atomic E-state index is 16.0. The molecule has 236 valence electrons. The average molecular weight is 693 g/mol. The number of pyridine rings is 1. The van der Waals surface area contributed by atoms with E-state index in [1.807, 2.05) is 0 Å². The largest absolute Gasteiger partial charge is 0.397 e. The van der Waals surface area contributed by atoms with Crippen molar-refractivity contribution in [2.24, 2.45) is 5.92 Å². The van der Waals surface area contributed by atoms with Crippen molar-refractivity contribution >= 4 is 65.1 Å². The van der Waals surface area contributed by atoms with Crippen LogP contribution in [-0.4, -0.2) is 87.7 Å². The van der Waals surface area contributed by atoms with Crippen LogP contribution < -0.4 is 11.3 Å². The lowest BCUT2D eigenvalue weighted by Gasteiger charge is -2.28. The van der Waals surface area contributed by atoms with E-state index in [2.05, 4.69) is 24.9 Å². The summed E-state index contributed by atoms with van der Waals surface area (Å²) in [6, 6.07) is 0.661. The van der Waals surface area contributed by atoms with Crippen molar-refractivity contribution in [3.05, 3.63) is 41.6 Å². The number of nitrogens with zero attached hydrogens (tertiary/aromatic N) is 6. The summed E-state index contributed by atoms with van der Waals surface area (Å²) >= 11 is 10.4. The van der Waals surface area contributed by atoms with Crippen LogP contribution in [0, 0.1) is 5.92 Å². The highest BCUT2D eigenvalue weighted by molar-refractivity contribution is 8.07. The quantitative estimate of drug-likeness (QED) is 0.220. The van der Waals surface area contributed by atoms with Crippen molar-refractivity contribution in [1.82, 2.24) is 34.1 Å². The number of alkyl halides is 2. The number of imidazole rings is 2. The number of aromatic amines is 1. The van der Waals surface area contributed by atoms with Crippen LogP contribution >= 0.6 is 13.4 Å². The molecule has 0 radical (unpaired) electrons. The minimum absolute atomic E-state index is 0.0121. The van der Waals surface area contributed by atoms with Crippen molar-refractivity contribution in [2.75, 3.05) is 18.9 Å². The molecule has 2 bridgehead atoms. The van der Waals surface area contributed by atoms with E-state index >= 15 is 8.78 Å². The molecule has 4 unspecified atom stereocenters. The van der Waals surface area contributed by atoms with Gasteiger partial charge >= 0.3 is 13.4 Å². The molecule has 2 saturated heterocycles. The molecular formula is C22H24F2N8O8P2S2. The third-order valence-electron chi connectivity index (χ3n) is 7.81. The second kappa shape index (κ2) is 11.2. The summed E-state index contributed by atoms with van der Waals surface area (Å²) < 4.78 is 63.0. The summed E-state index contributed by atoms with van der Waals surface area (Å²) in [6.45, 7) is -9.47. The first-order chi connectivity index (χ1) is 20.9. The van der Waals surface area contributed by atoms with E-state index < -0.39 is 81.1 Å². The van der Waals surface area contributed by atoms with Crippen LogP contribution in [0.5, 0.6) is 0 Å². The van der Waals surface area contributed by atoms with Gasteiger partial charge in [0.05, 0.1) is 43.9 Å². The standard InChI is InChI=1S/C22H24F2N8O8P2S2/c23-13-9-3-11(31-7-30-16-20(31)27-6-28-21(16)33)17(13)39-42(35,44)37-5-12-18(40-41(34,43)36-4-9)14(24)22(38-12)32-8-29-15-10(25)1-2-26-19(15)32/h1-2,6-9,11-14,17-18,22H,3-5H2,(H2,25,26)(H,34,43)(H,35,44)(H,27,28,33)/t9-,11-,12-,13?,14+,17-,18?,22-,41?,42?/m1/s1. The zero-order valence-corrected chi connectivity index (χ0v) is 25.6. The molecule has 7 rings (SSSR count). The zero-order chi connectivity index (χ0) is 31.0. The number of ether oxygens (including phenoxy) is 1. The molecule has 16 nitrogen and oxygen atoms in total. The van der Waals surface area contributed by atoms with E-state index in [9.17, 15) is 14.6 Å². The predicted octanol–water partition coefficient (Wildman–Crippen LogP) is 1.53. The first-order valence-electron chi connectivity index (χ1n) is 13.1. The summed E-state index contributed by atoms with van der Waals surface area (Å²) in [6.07, 6.45) is -4.22. The normalized spacial score (nSPS) is 38.3. The van der Waals surface area contributed by atoms with Crippen molar-refractivity contribution in [3.8, 4) is 0 Å². The van der Waals surface area contributed by atoms with Gasteiger partial charge in [-0.1, -0.05) is 0 Å². The van der Waals surface area contributed by atoms with Crippen molar-refractivity contribution in [2.45, 2.75) is 49.3 Å². The van der Waals surface area contributed by atoms with Crippen LogP contribution in [-0.2, 0) is 46.4 Å². The molecule has 5 N–H and O–H groups in total. The van der Waals surface area contributed by atoms with Gasteiger partial charge in [-0.15, -0.1) is 0 Å². The van der Waals surface area contributed by atoms with Gasteiger partial charge in [-0.25, -0.2) is 28.7 Å². The summed E-state index contributed by atoms with van der Waals surface area (Å²) in [4.78, 5) is 53.2. The lowest BCUT2D eigenvalue weighted by molar-refractivity contribution is -0.0443. The number of aromatic nitrogens is 7. The van der Waals surface area contributed by atoms with Crippen LogP contribution in [0.25, 0.3) is 22.3 Å². The molecule has 4 aromatic rings. The van der Waals surface area contributed by atoms with Crippen molar-refractivity contribution in [1.29, 1.82) is 0 Å². The number of anilines is 1. The summed E-state index contributed by atoms with van der Waals surface area (Å²) in [7, 11) is 0. The maximum absolute atomic E-state index is 16.0. The molecule has 44 heavy (non-hydrogen) atoms. The van der Waals surface area contributed by atoms with Crippen molar-refractivity contribution in [3.63, 3.8) is 0 Å². The van der Waals surface area contributed by atoms with Gasteiger partial charge in [0.25, 0.3) is 5.56 Å². The molecule has 0 aromatic carbocycles. The van der Waals surface area contributed by atoms with Gasteiger partial charge in [-0.3, -0.25) is 13.9 Å². The Morgan fingerprint density at radius 3 is 2.43 bits per heavy atom. The van der Waals surface area contributed by atoms with Gasteiger partial charge in [0, 0.05) is 12.1 Å². The highest BCUT2D eigenvalue weighted by Gasteiger charge is 2.53. The molecule has 4 aromatic heterocycles. The summed E-state index contributed by atoms with van der Waals surface area (Å²) in [5.74, 6) is -0.961. The molecule has 1 saturated carbocycles. The lowest BCUT2D eigenvalue weighted by atomic mass is 10.1. The zero-order valence-electron chi connectivity index (χ0n) is 22.2. The Hall–Kier alpha value is -2.35. The number of H-pyrrole nitrogens is 1. The Balaban J connectivity index is 1.20. The Labute approximate surface area is 256 Å². The van der Waals surface area contributed by atoms with E-state index in [1.54, 1.807) is 0 Å². The molecule has 6 heterocycles. The van der Waals surface area contributed by atoms with Gasteiger partial charge in [0.2, 0.25) is 0 Å². The number of nitrogens with two attached hydrogens (primary N) is 1. The number of nitrogen functional groups attached to an aromatic ring is 1. The van der Waals surface area contributed by atoms with Gasteiger partial charge < -0.3 is 43.4 Å². The van der Waals surface area contributed by atoms with Crippen LogP contribution in [0.15, 0.2) is 36.0 Å². The van der Waals surface area contributed by atoms with E-state index in [1.165, 1.54) is 40.4 Å². The topological polar surface area (TPSA) is 207 Å². The molecule has 3 aliphatic rings. The van der Waals surface area contributed by atoms with E-state index in [4.69, 9.17) is 52.2 Å². The summed E-state index contributed by atoms with van der Waals surface area (Å²) in [5.41, 5.74) is 6.47. The van der Waals surface area contributed by atoms with E-state index in [-0.39, 0.29) is 23.2 Å². The number of rotatable bonds is 2. The van der Waals surface area contributed by atoms with Crippen LogP contribution in [0.1, 0.15) is 18.7 Å². The Morgan fingerprint density at radius 1 is 0.955 bits per heavy atom. The SMILES string of the molecule is Nc1ccnc2c1ncn2[C@@H]1O[C@@H]2COP(O)(=S)O[C@H]3C(F)[C@@H](COP(O)(=S)OC2[C@@H]1F)C[C@H]3n1cnc2c(=O)[nH]cnc21. The average Bonchev–Trinajstić information content (AvgIpc) is 3.73. The second-order valence-electron chi connectivity index (χ2n) is 10.5. The van der Waals surface area contributed by atoms with E-state index in [0.717, 1.165) is 0 Å². The summed E-state index contributed by atoms with van der Waals surface area (Å²) in [5, 5.41) is 0. The fraction of sp³-hybridized carbons (Fsp3) is 0.500. The van der Waals surface area contributed by atoms with Gasteiger partial charge in [-0.2, -0.15) is 0 Å². The molecule has 2 aliphatic heterocycles. The lowest BCUT2D eigenvalue weighted by Crippen LogP contribution is -2.34. The van der Waals surface area contributed by atoms with Gasteiger partial charge in [0.15, 0.2) is 29.2 Å². The second-order valence-corrected chi connectivity index (χ2v) is 16.0. The molecule has 0 amide bonds. The van der Waals surface area contributed by atoms with Crippen LogP contribution in [0.2, 0.25) is 0 Å². The molecule has 1 aliphatic carbocycles. The van der Waals surface area contributed by atoms with Gasteiger partial charge in [-0.05, 0) is 36.1 Å². The number of halogens is 2. The highest BCUT2D eigenvalue weighted by Crippen LogP contribution is 2.56. The third kappa shape index (κ3) is 5.31. The predicted molar refractivity (Wildman–Crippen MR) is 156 cm³/mol. The number of fused-ring (bicyclic) bond motifs is 5. The molecular weight excluding hydrogens is 668 g/mol. The first kappa shape index (κ1) is 30.3. The fourth-order valence-corrected chi connectivity index (χ4v) is 8.69. The smallest absolute Gasteiger partial charge is 0.325 e. The highest BCUT2D eigenvalue weighted by atomic mass is 32.5. The molecule has 10 atom stereocenters. The Bertz CT molecular complexity index is 1900. The monoisotopic (exact) mass is 692 g/mol. The Kier molecular flexibility index (Phi) is 7.69. The number of hydrogen-bond donors (Lipinski definition) is 4. The third-order valence-corrected chi connectivity index (χ3v) is 10.9. The molecule has 0 spiro atoms. The van der Waals surface area contributed by atoms with Gasteiger partial charge in [0.1, 0.15) is 30.0 Å². The van der Waals surface area contributed by atoms with Crippen LogP contribution in [0.3, 0.4) is 0 Å². The minimum atomic E-state index is -4.23.